The van der Waals surface area contributed by atoms with Crippen LogP contribution in [0.25, 0.3) is 0 Å². The Balaban J connectivity index is 2.48. The predicted molar refractivity (Wildman–Crippen MR) is 64.8 cm³/mol. The highest BCUT2D eigenvalue weighted by Crippen LogP contribution is 2.17. The first-order valence-electron chi connectivity index (χ1n) is 5.24. The molecule has 0 aliphatic rings. The summed E-state index contributed by atoms with van der Waals surface area (Å²) in [6.07, 6.45) is 0.408. The molecule has 0 unspecified atom stereocenters. The number of ether oxygens (including phenoxy) is 1. The number of carbonyl (C=O) groups excluding carboxylic acids is 1. The van der Waals surface area contributed by atoms with E-state index in [1.165, 1.54) is 0 Å². The quantitative estimate of drug-likeness (QED) is 0.850. The van der Waals surface area contributed by atoms with Crippen molar-refractivity contribution in [3.05, 3.63) is 15.6 Å². The van der Waals surface area contributed by atoms with E-state index >= 15 is 0 Å². The molecule has 1 aromatic heterocycles. The summed E-state index contributed by atoms with van der Waals surface area (Å²) in [5, 5.41) is 3.89. The molecule has 90 valence electrons. The average Bonchev–Trinajstić information content (AvgIpc) is 2.44. The van der Waals surface area contributed by atoms with Gasteiger partial charge in [0.15, 0.2) is 0 Å². The second kappa shape index (κ2) is 5.96. The minimum absolute atomic E-state index is 0.0244. The third kappa shape index (κ3) is 3.90. The van der Waals surface area contributed by atoms with Crippen LogP contribution in [0.1, 0.15) is 22.5 Å². The van der Waals surface area contributed by atoms with Crippen LogP contribution in [0.4, 0.5) is 0 Å². The molecular formula is C11H18N2O2S. The van der Waals surface area contributed by atoms with E-state index in [2.05, 4.69) is 10.3 Å². The summed E-state index contributed by atoms with van der Waals surface area (Å²) < 4.78 is 4.96. The number of thiazole rings is 1. The van der Waals surface area contributed by atoms with Crippen molar-refractivity contribution >= 4 is 17.2 Å². The number of nitrogens with zero attached hydrogens (tertiary/aromatic N) is 1. The molecule has 0 radical (unpaired) electrons. The van der Waals surface area contributed by atoms with Crippen molar-refractivity contribution in [3.63, 3.8) is 0 Å². The molecular weight excluding hydrogens is 224 g/mol. The number of aryl methyl sites for hydroxylation is 2. The third-order valence-electron chi connectivity index (χ3n) is 2.14. The lowest BCUT2D eigenvalue weighted by molar-refractivity contribution is -0.121. The van der Waals surface area contributed by atoms with Crippen molar-refractivity contribution in [2.75, 3.05) is 13.7 Å². The van der Waals surface area contributed by atoms with Crippen LogP contribution in [0.3, 0.4) is 0 Å². The van der Waals surface area contributed by atoms with Crippen LogP contribution in [0.15, 0.2) is 0 Å². The smallest absolute Gasteiger partial charge is 0.225 e. The fourth-order valence-electron chi connectivity index (χ4n) is 1.50. The van der Waals surface area contributed by atoms with Crippen LogP contribution in [0.2, 0.25) is 0 Å². The Morgan fingerprint density at radius 2 is 2.25 bits per heavy atom. The molecule has 1 amide bonds. The maximum Gasteiger partial charge on any atom is 0.225 e. The first kappa shape index (κ1) is 13.1. The van der Waals surface area contributed by atoms with E-state index in [0.717, 1.165) is 15.6 Å². The molecule has 0 aliphatic carbocycles. The maximum atomic E-state index is 11.7. The van der Waals surface area contributed by atoms with E-state index in [9.17, 15) is 4.79 Å². The van der Waals surface area contributed by atoms with E-state index < -0.39 is 0 Å². The molecule has 0 saturated carbocycles. The fraction of sp³-hybridized carbons (Fsp3) is 0.636. The lowest BCUT2D eigenvalue weighted by Gasteiger charge is -2.12. The van der Waals surface area contributed by atoms with Crippen LogP contribution in [0, 0.1) is 13.8 Å². The Morgan fingerprint density at radius 3 is 2.75 bits per heavy atom. The summed E-state index contributed by atoms with van der Waals surface area (Å²) in [6, 6.07) is 0.0480. The highest BCUT2D eigenvalue weighted by Gasteiger charge is 2.12. The highest BCUT2D eigenvalue weighted by atomic mass is 32.1. The number of carbonyl (C=O) groups is 1. The highest BCUT2D eigenvalue weighted by molar-refractivity contribution is 7.11. The van der Waals surface area contributed by atoms with Crippen LogP contribution >= 0.6 is 11.3 Å². The molecule has 1 atom stereocenters. The van der Waals surface area contributed by atoms with Crippen molar-refractivity contribution in [3.8, 4) is 0 Å². The van der Waals surface area contributed by atoms with Crippen molar-refractivity contribution in [1.29, 1.82) is 0 Å². The second-order valence-electron chi connectivity index (χ2n) is 3.84. The van der Waals surface area contributed by atoms with Gasteiger partial charge in [-0.25, -0.2) is 4.98 Å². The molecule has 5 heteroatoms. The van der Waals surface area contributed by atoms with Gasteiger partial charge in [-0.3, -0.25) is 4.79 Å². The molecule has 0 saturated heterocycles. The Bertz CT molecular complexity index is 363. The molecule has 0 fully saturated rings. The molecule has 1 heterocycles. The van der Waals surface area contributed by atoms with Crippen LogP contribution < -0.4 is 5.32 Å². The summed E-state index contributed by atoms with van der Waals surface area (Å²) in [4.78, 5) is 17.0. The average molecular weight is 242 g/mol. The molecule has 1 aromatic rings. The van der Waals surface area contributed by atoms with Gasteiger partial charge >= 0.3 is 0 Å². The second-order valence-corrected chi connectivity index (χ2v) is 5.13. The Morgan fingerprint density at radius 1 is 1.56 bits per heavy atom. The van der Waals surface area contributed by atoms with Gasteiger partial charge in [0, 0.05) is 18.0 Å². The van der Waals surface area contributed by atoms with Gasteiger partial charge in [-0.2, -0.15) is 0 Å². The summed E-state index contributed by atoms with van der Waals surface area (Å²) >= 11 is 1.58. The van der Waals surface area contributed by atoms with Gasteiger partial charge in [0.1, 0.15) is 0 Å². The van der Waals surface area contributed by atoms with Crippen molar-refractivity contribution in [1.82, 2.24) is 10.3 Å². The molecule has 4 nitrogen and oxygen atoms in total. The fourth-order valence-corrected chi connectivity index (χ4v) is 2.44. The van der Waals surface area contributed by atoms with E-state index in [-0.39, 0.29) is 11.9 Å². The summed E-state index contributed by atoms with van der Waals surface area (Å²) in [5.74, 6) is 0.0244. The monoisotopic (exact) mass is 242 g/mol. The Labute approximate surface area is 100 Å². The lowest BCUT2D eigenvalue weighted by atomic mass is 10.2. The van der Waals surface area contributed by atoms with Gasteiger partial charge in [-0.1, -0.05) is 0 Å². The number of hydrogen-bond acceptors (Lipinski definition) is 4. The van der Waals surface area contributed by atoms with Gasteiger partial charge in [-0.15, -0.1) is 11.3 Å². The first-order valence-corrected chi connectivity index (χ1v) is 6.05. The number of nitrogens with one attached hydrogen (secondary N) is 1. The van der Waals surface area contributed by atoms with Crippen LogP contribution in [0.5, 0.6) is 0 Å². The van der Waals surface area contributed by atoms with Crippen molar-refractivity contribution in [2.45, 2.75) is 33.2 Å². The van der Waals surface area contributed by atoms with Gasteiger partial charge in [0.25, 0.3) is 0 Å². The number of amides is 1. The number of rotatable bonds is 5. The predicted octanol–water partition coefficient (Wildman–Crippen LogP) is 1.45. The molecule has 0 bridgehead atoms. The Kier molecular flexibility index (Phi) is 4.89. The summed E-state index contributed by atoms with van der Waals surface area (Å²) in [5.41, 5.74) is 0.956. The topological polar surface area (TPSA) is 51.2 Å². The van der Waals surface area contributed by atoms with E-state index in [4.69, 9.17) is 4.74 Å². The third-order valence-corrected chi connectivity index (χ3v) is 3.22. The van der Waals surface area contributed by atoms with Gasteiger partial charge in [0.2, 0.25) is 5.91 Å². The number of methoxy groups -OCH3 is 1. The summed E-state index contributed by atoms with van der Waals surface area (Å²) in [6.45, 7) is 6.34. The Hall–Kier alpha value is -0.940. The molecule has 0 aliphatic heterocycles. The van der Waals surface area contributed by atoms with E-state index in [1.807, 2.05) is 20.8 Å². The number of hydrogen-bond donors (Lipinski definition) is 1. The molecule has 1 N–H and O–H groups in total. The normalized spacial score (nSPS) is 12.5. The zero-order chi connectivity index (χ0) is 12.1. The SMILES string of the molecule is COC[C@H](C)NC(=O)Cc1sc(C)nc1C. The molecule has 16 heavy (non-hydrogen) atoms. The van der Waals surface area contributed by atoms with Gasteiger partial charge < -0.3 is 10.1 Å². The zero-order valence-electron chi connectivity index (χ0n) is 10.2. The first-order chi connectivity index (χ1) is 7.52. The zero-order valence-corrected chi connectivity index (χ0v) is 11.0. The standard InChI is InChI=1S/C11H18N2O2S/c1-7(6-15-4)12-11(14)5-10-8(2)13-9(3)16-10/h7H,5-6H2,1-4H3,(H,12,14)/t7-/m0/s1. The minimum Gasteiger partial charge on any atom is -0.383 e. The van der Waals surface area contributed by atoms with Gasteiger partial charge in [-0.05, 0) is 20.8 Å². The van der Waals surface area contributed by atoms with Gasteiger partial charge in [0.05, 0.1) is 23.7 Å². The van der Waals surface area contributed by atoms with Crippen LogP contribution in [-0.4, -0.2) is 30.6 Å². The van der Waals surface area contributed by atoms with Crippen molar-refractivity contribution < 1.29 is 9.53 Å². The minimum atomic E-state index is 0.0244. The van der Waals surface area contributed by atoms with Crippen LogP contribution in [-0.2, 0) is 16.0 Å². The number of aromatic nitrogens is 1. The largest absolute Gasteiger partial charge is 0.383 e. The lowest BCUT2D eigenvalue weighted by Crippen LogP contribution is -2.36. The van der Waals surface area contributed by atoms with Crippen molar-refractivity contribution in [2.24, 2.45) is 0 Å². The molecule has 1 rings (SSSR count). The van der Waals surface area contributed by atoms with E-state index in [1.54, 1.807) is 18.4 Å². The van der Waals surface area contributed by atoms with E-state index in [0.29, 0.717) is 13.0 Å². The maximum absolute atomic E-state index is 11.7. The summed E-state index contributed by atoms with van der Waals surface area (Å²) in [7, 11) is 1.62. The molecule has 0 spiro atoms. The molecule has 0 aromatic carbocycles.